The number of anilines is 1. The molecule has 1 fully saturated rings. The molecule has 2 aromatic carbocycles. The summed E-state index contributed by atoms with van der Waals surface area (Å²) in [7, 11) is 0. The van der Waals surface area contributed by atoms with Crippen molar-refractivity contribution < 1.29 is 14.1 Å². The van der Waals surface area contributed by atoms with Crippen LogP contribution in [0.2, 0.25) is 0 Å². The van der Waals surface area contributed by atoms with E-state index in [1.54, 1.807) is 11.1 Å². The number of nitrogens with one attached hydrogen (secondary N) is 1. The van der Waals surface area contributed by atoms with Gasteiger partial charge in [-0.15, -0.1) is 0 Å². The number of hydrogen-bond donors (Lipinski definition) is 1. The second-order valence-corrected chi connectivity index (χ2v) is 7.06. The number of benzene rings is 2. The molecule has 6 heteroatoms. The number of piperazine rings is 1. The van der Waals surface area contributed by atoms with E-state index in [0.29, 0.717) is 12.2 Å². The van der Waals surface area contributed by atoms with Gasteiger partial charge in [0.15, 0.2) is 6.54 Å². The number of quaternary nitrogens is 1. The molecule has 0 spiro atoms. The first-order chi connectivity index (χ1) is 13.2. The number of halogens is 1. The average Bonchev–Trinajstić information content (AvgIpc) is 3.20. The minimum Gasteiger partial charge on any atom is -0.358 e. The van der Waals surface area contributed by atoms with Crippen molar-refractivity contribution in [3.05, 3.63) is 66.0 Å². The first kappa shape index (κ1) is 17.7. The van der Waals surface area contributed by atoms with E-state index >= 15 is 0 Å². The molecule has 0 bridgehead atoms. The van der Waals surface area contributed by atoms with Crippen molar-refractivity contribution in [3.63, 3.8) is 0 Å². The van der Waals surface area contributed by atoms with E-state index in [1.165, 1.54) is 11.0 Å². The molecule has 2 aromatic rings. The summed E-state index contributed by atoms with van der Waals surface area (Å²) in [6.07, 6.45) is 2.58. The summed E-state index contributed by atoms with van der Waals surface area (Å²) in [6, 6.07) is 16.9. The Morgan fingerprint density at radius 3 is 2.52 bits per heavy atom. The molecule has 5 nitrogen and oxygen atoms in total. The zero-order chi connectivity index (χ0) is 18.6. The number of amides is 1. The molecule has 140 valence electrons. The van der Waals surface area contributed by atoms with Crippen molar-refractivity contribution in [2.24, 2.45) is 5.10 Å². The van der Waals surface area contributed by atoms with Gasteiger partial charge in [-0.1, -0.05) is 42.5 Å². The second kappa shape index (κ2) is 7.88. The summed E-state index contributed by atoms with van der Waals surface area (Å²) in [4.78, 5) is 16.1. The monoisotopic (exact) mass is 367 g/mol. The highest BCUT2D eigenvalue weighted by atomic mass is 19.1. The molecular weight excluding hydrogens is 343 g/mol. The predicted molar refractivity (Wildman–Crippen MR) is 103 cm³/mol. The Bertz CT molecular complexity index is 818. The van der Waals surface area contributed by atoms with Gasteiger partial charge in [-0.05, 0) is 17.7 Å². The first-order valence-electron chi connectivity index (χ1n) is 9.45. The van der Waals surface area contributed by atoms with Gasteiger partial charge in [-0.2, -0.15) is 5.10 Å². The fourth-order valence-electron chi connectivity index (χ4n) is 3.85. The molecule has 1 amide bonds. The maximum absolute atomic E-state index is 14.0. The van der Waals surface area contributed by atoms with Crippen LogP contribution in [0.15, 0.2) is 59.7 Å². The van der Waals surface area contributed by atoms with E-state index in [0.717, 1.165) is 38.2 Å². The number of nitrogens with zero attached hydrogens (tertiary/aromatic N) is 3. The van der Waals surface area contributed by atoms with Crippen LogP contribution in [-0.2, 0) is 4.79 Å². The van der Waals surface area contributed by atoms with Crippen LogP contribution in [0.1, 0.15) is 18.0 Å². The SMILES string of the molecule is O=C(C[NH+]1CCN(c2ccccc2F)CC1)N1N=CC[C@@H]1c1ccccc1. The maximum atomic E-state index is 14.0. The number of hydrogen-bond acceptors (Lipinski definition) is 3. The average molecular weight is 367 g/mol. The minimum atomic E-state index is -0.186. The summed E-state index contributed by atoms with van der Waals surface area (Å²) < 4.78 is 14.0. The fourth-order valence-corrected chi connectivity index (χ4v) is 3.85. The van der Waals surface area contributed by atoms with Crippen LogP contribution < -0.4 is 9.80 Å². The molecule has 0 saturated carbocycles. The van der Waals surface area contributed by atoms with Crippen LogP contribution in [0.4, 0.5) is 10.1 Å². The van der Waals surface area contributed by atoms with Gasteiger partial charge in [0.1, 0.15) is 5.82 Å². The third-order valence-electron chi connectivity index (χ3n) is 5.33. The van der Waals surface area contributed by atoms with Crippen LogP contribution in [0.5, 0.6) is 0 Å². The topological polar surface area (TPSA) is 40.4 Å². The first-order valence-corrected chi connectivity index (χ1v) is 9.45. The highest BCUT2D eigenvalue weighted by Crippen LogP contribution is 2.27. The lowest BCUT2D eigenvalue weighted by atomic mass is 10.0. The van der Waals surface area contributed by atoms with Gasteiger partial charge < -0.3 is 9.80 Å². The van der Waals surface area contributed by atoms with E-state index in [1.807, 2.05) is 48.7 Å². The summed E-state index contributed by atoms with van der Waals surface area (Å²) in [6.45, 7) is 3.54. The Balaban J connectivity index is 1.34. The lowest BCUT2D eigenvalue weighted by Crippen LogP contribution is -3.15. The number of rotatable bonds is 4. The summed E-state index contributed by atoms with van der Waals surface area (Å²) in [5.74, 6) is -0.138. The molecule has 0 radical (unpaired) electrons. The highest BCUT2D eigenvalue weighted by molar-refractivity contribution is 5.80. The molecule has 1 saturated heterocycles. The lowest BCUT2D eigenvalue weighted by Gasteiger charge is -2.34. The van der Waals surface area contributed by atoms with Gasteiger partial charge in [-0.25, -0.2) is 9.40 Å². The van der Waals surface area contributed by atoms with Crippen LogP contribution in [0.25, 0.3) is 0 Å². The lowest BCUT2D eigenvalue weighted by molar-refractivity contribution is -0.892. The Hall–Kier alpha value is -2.73. The molecule has 0 aromatic heterocycles. The quantitative estimate of drug-likeness (QED) is 0.890. The number of carbonyl (C=O) groups is 1. The van der Waals surface area contributed by atoms with E-state index in [4.69, 9.17) is 0 Å². The maximum Gasteiger partial charge on any atom is 0.298 e. The molecule has 27 heavy (non-hydrogen) atoms. The highest BCUT2D eigenvalue weighted by Gasteiger charge is 2.31. The van der Waals surface area contributed by atoms with Crippen LogP contribution >= 0.6 is 0 Å². The molecule has 2 aliphatic rings. The van der Waals surface area contributed by atoms with Crippen molar-refractivity contribution in [3.8, 4) is 0 Å². The van der Waals surface area contributed by atoms with Crippen molar-refractivity contribution in [2.45, 2.75) is 12.5 Å². The molecular formula is C21H24FN4O+. The fraction of sp³-hybridized carbons (Fsp3) is 0.333. The van der Waals surface area contributed by atoms with Crippen molar-refractivity contribution in [1.82, 2.24) is 5.01 Å². The molecule has 1 N–H and O–H groups in total. The number of para-hydroxylation sites is 1. The number of hydrazone groups is 1. The van der Waals surface area contributed by atoms with Gasteiger partial charge in [0, 0.05) is 12.6 Å². The predicted octanol–water partition coefficient (Wildman–Crippen LogP) is 1.49. The van der Waals surface area contributed by atoms with Crippen LogP contribution in [0, 0.1) is 5.82 Å². The molecule has 4 rings (SSSR count). The van der Waals surface area contributed by atoms with E-state index < -0.39 is 0 Å². The van der Waals surface area contributed by atoms with E-state index in [2.05, 4.69) is 10.0 Å². The van der Waals surface area contributed by atoms with Crippen LogP contribution in [-0.4, -0.2) is 49.9 Å². The normalized spacial score (nSPS) is 20.3. The molecule has 2 aliphatic heterocycles. The largest absolute Gasteiger partial charge is 0.358 e. The van der Waals surface area contributed by atoms with E-state index in [9.17, 15) is 9.18 Å². The minimum absolute atomic E-state index is 0.00203. The third kappa shape index (κ3) is 3.85. The standard InChI is InChI=1S/C21H23FN4O/c22-18-8-4-5-9-20(18)25-14-12-24(13-15-25)16-21(27)26-19(10-11-23-26)17-6-2-1-3-7-17/h1-9,11,19H,10,12-16H2/p+1/t19-/m1/s1. The Morgan fingerprint density at radius 2 is 1.78 bits per heavy atom. The van der Waals surface area contributed by atoms with Crippen molar-refractivity contribution in [1.29, 1.82) is 0 Å². The Morgan fingerprint density at radius 1 is 1.07 bits per heavy atom. The van der Waals surface area contributed by atoms with Gasteiger partial charge in [0.25, 0.3) is 5.91 Å². The van der Waals surface area contributed by atoms with Crippen molar-refractivity contribution >= 4 is 17.8 Å². The van der Waals surface area contributed by atoms with Gasteiger partial charge >= 0.3 is 0 Å². The van der Waals surface area contributed by atoms with Crippen molar-refractivity contribution in [2.75, 3.05) is 37.6 Å². The zero-order valence-electron chi connectivity index (χ0n) is 15.2. The second-order valence-electron chi connectivity index (χ2n) is 7.06. The Kier molecular flexibility index (Phi) is 5.16. The molecule has 1 atom stereocenters. The van der Waals surface area contributed by atoms with Crippen LogP contribution in [0.3, 0.4) is 0 Å². The zero-order valence-corrected chi connectivity index (χ0v) is 15.2. The molecule has 2 heterocycles. The summed E-state index contributed by atoms with van der Waals surface area (Å²) in [5, 5.41) is 5.95. The third-order valence-corrected chi connectivity index (χ3v) is 5.33. The smallest absolute Gasteiger partial charge is 0.298 e. The summed E-state index contributed by atoms with van der Waals surface area (Å²) >= 11 is 0. The van der Waals surface area contributed by atoms with Gasteiger partial charge in [0.05, 0.1) is 37.9 Å². The van der Waals surface area contributed by atoms with Gasteiger partial charge in [0.2, 0.25) is 0 Å². The number of carbonyl (C=O) groups excluding carboxylic acids is 1. The summed E-state index contributed by atoms with van der Waals surface area (Å²) in [5.41, 5.74) is 1.76. The molecule has 0 unspecified atom stereocenters. The molecule has 0 aliphatic carbocycles. The van der Waals surface area contributed by atoms with E-state index in [-0.39, 0.29) is 17.8 Å². The Labute approximate surface area is 158 Å². The van der Waals surface area contributed by atoms with Gasteiger partial charge in [-0.3, -0.25) is 4.79 Å².